The van der Waals surface area contributed by atoms with Gasteiger partial charge in [-0.1, -0.05) is 46.8 Å². The molecule has 0 aromatic heterocycles. The number of carbonyl (C=O) groups is 13. The first-order valence-corrected chi connectivity index (χ1v) is 34.3. The first-order chi connectivity index (χ1) is 48.0. The van der Waals surface area contributed by atoms with E-state index in [-0.39, 0.29) is 153 Å². The minimum Gasteiger partial charge on any atom is -0.508 e. The van der Waals surface area contributed by atoms with Crippen LogP contribution >= 0.6 is 0 Å². The quantitative estimate of drug-likeness (QED) is 0.0168. The number of phenols is 1. The molecule has 21 N–H and O–H groups in total. The minimum atomic E-state index is -1.45. The van der Waals surface area contributed by atoms with Crippen LogP contribution in [0.15, 0.2) is 29.3 Å². The lowest BCUT2D eigenvalue weighted by molar-refractivity contribution is -0.144. The number of benzene rings is 1. The summed E-state index contributed by atoms with van der Waals surface area (Å²) in [5.74, 6) is -14.3. The monoisotopic (exact) mass is 1440 g/mol. The summed E-state index contributed by atoms with van der Waals surface area (Å²) in [6, 6.07) is -4.76. The molecule has 2 unspecified atom stereocenters. The third-order valence-corrected chi connectivity index (χ3v) is 17.7. The van der Waals surface area contributed by atoms with Gasteiger partial charge in [0.15, 0.2) is 11.9 Å². The van der Waals surface area contributed by atoms with E-state index in [0.29, 0.717) is 24.8 Å². The predicted octanol–water partition coefficient (Wildman–Crippen LogP) is -3.97. The molecule has 1 aromatic carbocycles. The number of phenolic OH excluding ortho intramolecular Hbond substituents is 1. The highest BCUT2D eigenvalue weighted by atomic mass is 16.4. The summed E-state index contributed by atoms with van der Waals surface area (Å²) >= 11 is 0. The van der Waals surface area contributed by atoms with Gasteiger partial charge in [0.05, 0.1) is 32.7 Å². The van der Waals surface area contributed by atoms with E-state index < -0.39 is 169 Å². The van der Waals surface area contributed by atoms with Crippen molar-refractivity contribution in [3.63, 3.8) is 0 Å². The summed E-state index contributed by atoms with van der Waals surface area (Å²) in [5, 5.41) is 82.9. The van der Waals surface area contributed by atoms with E-state index >= 15 is 9.59 Å². The molecular formula is C65H106N18O19. The van der Waals surface area contributed by atoms with Crippen LogP contribution in [0.5, 0.6) is 5.75 Å². The molecule has 8 atom stereocenters. The van der Waals surface area contributed by atoms with Crippen LogP contribution in [0.1, 0.15) is 117 Å². The van der Waals surface area contributed by atoms with Crippen LogP contribution in [0.3, 0.4) is 0 Å². The molecule has 102 heavy (non-hydrogen) atoms. The summed E-state index contributed by atoms with van der Waals surface area (Å²) < 4.78 is 0. The van der Waals surface area contributed by atoms with Gasteiger partial charge in [-0.15, -0.1) is 0 Å². The second-order valence-corrected chi connectivity index (χ2v) is 27.5. The number of carbonyl (C=O) groups excluding carboxylic acids is 8. The maximum Gasteiger partial charge on any atom is 0.326 e. The lowest BCUT2D eigenvalue weighted by Crippen LogP contribution is -2.62. The number of nitrogens with two attached hydrogens (primary N) is 4. The van der Waals surface area contributed by atoms with Crippen LogP contribution in [0.25, 0.3) is 0 Å². The number of amides is 8. The molecule has 0 bridgehead atoms. The van der Waals surface area contributed by atoms with Gasteiger partial charge in [0.1, 0.15) is 54.1 Å². The van der Waals surface area contributed by atoms with E-state index in [1.165, 1.54) is 37.8 Å². The Morgan fingerprint density at radius 2 is 1.10 bits per heavy atom. The fourth-order valence-corrected chi connectivity index (χ4v) is 12.6. The second-order valence-electron chi connectivity index (χ2n) is 27.5. The van der Waals surface area contributed by atoms with Crippen molar-refractivity contribution in [2.24, 2.45) is 45.2 Å². The van der Waals surface area contributed by atoms with Crippen molar-refractivity contribution in [2.75, 3.05) is 98.2 Å². The zero-order valence-corrected chi connectivity index (χ0v) is 58.8. The highest BCUT2D eigenvalue weighted by molar-refractivity contribution is 5.99. The topological polar surface area (TPSA) is 575 Å². The fraction of sp³-hybridized carbons (Fsp3) is 0.677. The Hall–Kier alpha value is -9.49. The van der Waals surface area contributed by atoms with Crippen LogP contribution in [0, 0.1) is 22.7 Å². The molecule has 3 fully saturated rings. The van der Waals surface area contributed by atoms with E-state index in [9.17, 15) is 83.4 Å². The van der Waals surface area contributed by atoms with Crippen molar-refractivity contribution in [1.29, 1.82) is 5.41 Å². The third kappa shape index (κ3) is 28.9. The highest BCUT2D eigenvalue weighted by Crippen LogP contribution is 2.27. The maximum absolute atomic E-state index is 15.2. The number of aliphatic imine (C=N–C) groups is 1. The van der Waals surface area contributed by atoms with Gasteiger partial charge in [0.25, 0.3) is 0 Å². The fourth-order valence-electron chi connectivity index (χ4n) is 12.6. The zero-order valence-electron chi connectivity index (χ0n) is 58.8. The zero-order chi connectivity index (χ0) is 76.1. The molecule has 0 radical (unpaired) electrons. The number of carboxylic acid groups (broad SMARTS) is 5. The lowest BCUT2D eigenvalue weighted by atomic mass is 9.85. The van der Waals surface area contributed by atoms with Crippen molar-refractivity contribution < 1.29 is 93.0 Å². The third-order valence-electron chi connectivity index (χ3n) is 17.7. The molecule has 0 saturated carbocycles. The number of nitrogens with zero attached hydrogens (tertiary/aromatic N) is 7. The van der Waals surface area contributed by atoms with Gasteiger partial charge in [-0.2, -0.15) is 0 Å². The van der Waals surface area contributed by atoms with Gasteiger partial charge in [0.2, 0.25) is 47.3 Å². The van der Waals surface area contributed by atoms with Gasteiger partial charge in [0, 0.05) is 65.3 Å². The van der Waals surface area contributed by atoms with E-state index in [1.807, 2.05) is 0 Å². The van der Waals surface area contributed by atoms with Crippen LogP contribution in [-0.2, 0) is 68.7 Å². The number of unbranched alkanes of at least 4 members (excludes halogenated alkanes) is 1. The molecule has 1 aromatic rings. The van der Waals surface area contributed by atoms with Crippen molar-refractivity contribution >= 4 is 89.0 Å². The van der Waals surface area contributed by atoms with Crippen molar-refractivity contribution in [3.8, 4) is 5.75 Å². The summed E-state index contributed by atoms with van der Waals surface area (Å²) in [4.78, 5) is 188. The van der Waals surface area contributed by atoms with Crippen LogP contribution in [-0.4, -0.2) is 296 Å². The van der Waals surface area contributed by atoms with E-state index in [4.69, 9.17) is 28.3 Å². The summed E-state index contributed by atoms with van der Waals surface area (Å²) in [6.45, 7) is 5.11. The van der Waals surface area contributed by atoms with Gasteiger partial charge in [-0.05, 0) is 119 Å². The van der Waals surface area contributed by atoms with Gasteiger partial charge < -0.3 is 100 Å². The Balaban J connectivity index is 1.64. The molecule has 4 rings (SSSR count). The molecule has 3 saturated heterocycles. The molecule has 37 heteroatoms. The van der Waals surface area contributed by atoms with E-state index in [2.05, 4.69) is 36.9 Å². The Bertz CT molecular complexity index is 3110. The molecule has 0 spiro atoms. The van der Waals surface area contributed by atoms with Gasteiger partial charge in [-0.3, -0.25) is 82.6 Å². The number of aromatic hydroxyl groups is 1. The van der Waals surface area contributed by atoms with Gasteiger partial charge in [-0.25, -0.2) is 4.79 Å². The Morgan fingerprint density at radius 3 is 1.59 bits per heavy atom. The smallest absolute Gasteiger partial charge is 0.326 e. The standard InChI is InChI=1S/C65H106N18O19/c1-38(2)30-45(62(101)102)75-59(98)54(65(3,4)5)77-55(94)44(32-39-12-8-13-41(84)31-39)74-56(95)46-16-10-22-82(46)61(100)43(15-9-21-71-63(67)68)73-58(97)53(40-18-24-81(25-19-40)64(69)70)76-57(96)47-17-11-23-83(47)60(99)42(14-6-7-20-66)72-48(85)33-79(35-50(88)89)28-26-78(34-49(86)87)27-29-80(36-51(90)91)37-52(92)93/h8,12-13,31,38,40,42-47,53-54,84H,6-7,9-11,14-30,32-37,66H2,1-5H3,(H3,69,70)(H,72,85)(H,73,97)(H,74,95)(H,75,98)(H,76,96)(H,77,94)(H,86,87)(H,88,89)(H,90,91)(H,92,93)(H,101,102)(H4,67,68,71)/t42-,43+,44+,45+,46?,47?,53+,54-/m1/s1. The van der Waals surface area contributed by atoms with Crippen LogP contribution in [0.2, 0.25) is 0 Å². The molecule has 8 amide bonds. The van der Waals surface area contributed by atoms with Gasteiger partial charge >= 0.3 is 29.8 Å². The van der Waals surface area contributed by atoms with E-state index in [0.717, 1.165) is 4.90 Å². The number of nitrogens with one attached hydrogen (secondary N) is 7. The molecule has 3 aliphatic rings. The summed E-state index contributed by atoms with van der Waals surface area (Å²) in [6.07, 6.45) is 1.76. The maximum atomic E-state index is 15.2. The number of hydrogen-bond acceptors (Lipinski definition) is 20. The highest BCUT2D eigenvalue weighted by Gasteiger charge is 2.45. The van der Waals surface area contributed by atoms with Crippen molar-refractivity contribution in [2.45, 2.75) is 166 Å². The van der Waals surface area contributed by atoms with E-state index in [1.54, 1.807) is 45.6 Å². The SMILES string of the molecule is CC(C)C[C@H](NC(=O)[C@@H](NC(=O)[C@H](Cc1cccc(O)c1)NC(=O)C1CCCN1C(=O)[C@H](CCCN=C(N)N)NC(=O)[C@@H](NC(=O)C1CCCN1C(=O)[C@@H](CCCCN)NC(=O)CN(CCN(CCN(CC(=O)O)CC(=O)O)CC(=O)O)CC(=O)O)C1CCN(C(=N)N)CC1)C(C)(C)C)C(=O)O. The van der Waals surface area contributed by atoms with Crippen molar-refractivity contribution in [1.82, 2.24) is 61.3 Å². The second kappa shape index (κ2) is 41.4. The largest absolute Gasteiger partial charge is 0.508 e. The summed E-state index contributed by atoms with van der Waals surface area (Å²) in [7, 11) is 0. The van der Waals surface area contributed by atoms with Crippen molar-refractivity contribution in [3.05, 3.63) is 29.8 Å². The minimum absolute atomic E-state index is 0.00149. The normalized spacial score (nSPS) is 17.4. The molecular weight excluding hydrogens is 1340 g/mol. The number of aliphatic carboxylic acids is 5. The predicted molar refractivity (Wildman–Crippen MR) is 368 cm³/mol. The number of likely N-dealkylation sites (tertiary alicyclic amines) is 3. The number of hydrogen-bond donors (Lipinski definition) is 17. The number of piperidine rings is 1. The Labute approximate surface area is 592 Å². The molecule has 570 valence electrons. The Morgan fingerprint density at radius 1 is 0.598 bits per heavy atom. The lowest BCUT2D eigenvalue weighted by Gasteiger charge is -2.37. The summed E-state index contributed by atoms with van der Waals surface area (Å²) in [5.41, 5.74) is 22.4. The van der Waals surface area contributed by atoms with Crippen LogP contribution < -0.4 is 54.8 Å². The average Bonchev–Trinajstić information content (AvgIpc) is 1.31. The number of carboxylic acids is 5. The molecule has 0 aliphatic carbocycles. The average molecular weight is 1440 g/mol. The molecule has 3 aliphatic heterocycles. The first-order valence-electron chi connectivity index (χ1n) is 34.3. The molecule has 37 nitrogen and oxygen atoms in total. The number of rotatable bonds is 43. The van der Waals surface area contributed by atoms with Crippen LogP contribution in [0.4, 0.5) is 0 Å². The molecule has 3 heterocycles. The Kier molecular flexibility index (Phi) is 34.5. The number of guanidine groups is 2. The first kappa shape index (κ1) is 84.9.